The highest BCUT2D eigenvalue weighted by Gasteiger charge is 2.34. The molecule has 1 fully saturated rings. The molecule has 1 atom stereocenters. The lowest BCUT2D eigenvalue weighted by molar-refractivity contribution is -0.136. The number of benzene rings is 1. The summed E-state index contributed by atoms with van der Waals surface area (Å²) in [5, 5.41) is 0. The van der Waals surface area contributed by atoms with Crippen LogP contribution < -0.4 is 5.73 Å². The number of aryl methyl sites for hydroxylation is 1. The van der Waals surface area contributed by atoms with Gasteiger partial charge in [0, 0.05) is 19.1 Å². The van der Waals surface area contributed by atoms with Crippen molar-refractivity contribution in [2.75, 3.05) is 6.54 Å². The minimum absolute atomic E-state index is 0.0222. The lowest BCUT2D eigenvalue weighted by Crippen LogP contribution is -2.39. The van der Waals surface area contributed by atoms with Crippen LogP contribution >= 0.6 is 0 Å². The first-order chi connectivity index (χ1) is 9.15. The Morgan fingerprint density at radius 2 is 2.00 bits per heavy atom. The van der Waals surface area contributed by atoms with Gasteiger partial charge in [0.15, 0.2) is 0 Å². The molecule has 0 radical (unpaired) electrons. The monoisotopic (exact) mass is 260 g/mol. The highest BCUT2D eigenvalue weighted by Crippen LogP contribution is 2.30. The Bertz CT molecular complexity index is 419. The Hall–Kier alpha value is -1.35. The Kier molecular flexibility index (Phi) is 4.59. The third kappa shape index (κ3) is 3.57. The standard InChI is InChI=1S/C16H24N2O/c1-3-14(10-17)16(19)18(15-8-9-15)11-13-6-4-12(2)5-7-13/h4-7,14-15H,3,8-11,17H2,1-2H3. The molecule has 0 bridgehead atoms. The summed E-state index contributed by atoms with van der Waals surface area (Å²) >= 11 is 0. The van der Waals surface area contributed by atoms with E-state index in [1.165, 1.54) is 11.1 Å². The molecule has 2 rings (SSSR count). The fourth-order valence-electron chi connectivity index (χ4n) is 2.34. The van der Waals surface area contributed by atoms with Gasteiger partial charge in [-0.1, -0.05) is 36.8 Å². The maximum atomic E-state index is 12.5. The first-order valence-corrected chi connectivity index (χ1v) is 7.21. The molecular weight excluding hydrogens is 236 g/mol. The van der Waals surface area contributed by atoms with E-state index in [2.05, 4.69) is 31.2 Å². The summed E-state index contributed by atoms with van der Waals surface area (Å²) < 4.78 is 0. The average Bonchev–Trinajstić information content (AvgIpc) is 3.23. The number of hydrogen-bond donors (Lipinski definition) is 1. The molecule has 1 aromatic carbocycles. The van der Waals surface area contributed by atoms with Crippen LogP contribution in [-0.4, -0.2) is 23.4 Å². The normalized spacial score (nSPS) is 16.2. The van der Waals surface area contributed by atoms with Crippen LogP contribution in [0.4, 0.5) is 0 Å². The maximum absolute atomic E-state index is 12.5. The van der Waals surface area contributed by atoms with Crippen LogP contribution in [0.3, 0.4) is 0 Å². The van der Waals surface area contributed by atoms with Crippen LogP contribution in [0.25, 0.3) is 0 Å². The highest BCUT2D eigenvalue weighted by molar-refractivity contribution is 5.79. The second kappa shape index (κ2) is 6.20. The number of carbonyl (C=O) groups excluding carboxylic acids is 1. The van der Waals surface area contributed by atoms with Crippen molar-refractivity contribution < 1.29 is 4.79 Å². The van der Waals surface area contributed by atoms with E-state index in [1.807, 2.05) is 11.8 Å². The van der Waals surface area contributed by atoms with Gasteiger partial charge in [0.05, 0.1) is 5.92 Å². The molecule has 1 amide bonds. The zero-order valence-electron chi connectivity index (χ0n) is 11.9. The second-order valence-electron chi connectivity index (χ2n) is 5.52. The molecule has 0 spiro atoms. The molecule has 1 aromatic rings. The highest BCUT2D eigenvalue weighted by atomic mass is 16.2. The molecular formula is C16H24N2O. The van der Waals surface area contributed by atoms with Crippen molar-refractivity contribution >= 4 is 5.91 Å². The van der Waals surface area contributed by atoms with Crippen molar-refractivity contribution in [3.8, 4) is 0 Å². The van der Waals surface area contributed by atoms with Crippen molar-refractivity contribution in [2.45, 2.75) is 45.7 Å². The van der Waals surface area contributed by atoms with Crippen LogP contribution in [0, 0.1) is 12.8 Å². The predicted molar refractivity (Wildman–Crippen MR) is 77.6 cm³/mol. The van der Waals surface area contributed by atoms with Crippen molar-refractivity contribution in [2.24, 2.45) is 11.7 Å². The van der Waals surface area contributed by atoms with E-state index in [0.29, 0.717) is 12.6 Å². The van der Waals surface area contributed by atoms with E-state index >= 15 is 0 Å². The van der Waals surface area contributed by atoms with E-state index < -0.39 is 0 Å². The largest absolute Gasteiger partial charge is 0.335 e. The van der Waals surface area contributed by atoms with E-state index in [9.17, 15) is 4.79 Å². The Labute approximate surface area is 115 Å². The van der Waals surface area contributed by atoms with Crippen molar-refractivity contribution in [3.63, 3.8) is 0 Å². The second-order valence-corrected chi connectivity index (χ2v) is 5.52. The number of hydrogen-bond acceptors (Lipinski definition) is 2. The summed E-state index contributed by atoms with van der Waals surface area (Å²) in [5.41, 5.74) is 8.17. The number of carbonyl (C=O) groups is 1. The number of nitrogens with two attached hydrogens (primary N) is 1. The summed E-state index contributed by atoms with van der Waals surface area (Å²) in [5.74, 6) is 0.208. The third-order valence-electron chi connectivity index (χ3n) is 3.87. The Morgan fingerprint density at radius 1 is 1.37 bits per heavy atom. The van der Waals surface area contributed by atoms with E-state index in [-0.39, 0.29) is 11.8 Å². The summed E-state index contributed by atoms with van der Waals surface area (Å²) in [6.07, 6.45) is 3.10. The van der Waals surface area contributed by atoms with Crippen LogP contribution in [-0.2, 0) is 11.3 Å². The molecule has 3 nitrogen and oxygen atoms in total. The number of nitrogens with zero attached hydrogens (tertiary/aromatic N) is 1. The van der Waals surface area contributed by atoms with Gasteiger partial charge in [-0.25, -0.2) is 0 Å². The molecule has 1 unspecified atom stereocenters. The number of rotatable bonds is 6. The van der Waals surface area contributed by atoms with Gasteiger partial charge in [0.1, 0.15) is 0 Å². The Morgan fingerprint density at radius 3 is 2.47 bits per heavy atom. The van der Waals surface area contributed by atoms with Gasteiger partial charge in [0.25, 0.3) is 0 Å². The molecule has 19 heavy (non-hydrogen) atoms. The summed E-state index contributed by atoms with van der Waals surface area (Å²) in [4.78, 5) is 14.5. The lowest BCUT2D eigenvalue weighted by atomic mass is 10.0. The first kappa shape index (κ1) is 14.1. The molecule has 1 saturated carbocycles. The van der Waals surface area contributed by atoms with Crippen LogP contribution in [0.2, 0.25) is 0 Å². The molecule has 104 valence electrons. The first-order valence-electron chi connectivity index (χ1n) is 7.21. The molecule has 2 N–H and O–H groups in total. The molecule has 3 heteroatoms. The van der Waals surface area contributed by atoms with Gasteiger partial charge in [-0.3, -0.25) is 4.79 Å². The molecule has 1 aliphatic rings. The molecule has 0 aliphatic heterocycles. The molecule has 0 aromatic heterocycles. The van der Waals surface area contributed by atoms with Crippen molar-refractivity contribution in [3.05, 3.63) is 35.4 Å². The van der Waals surface area contributed by atoms with E-state index in [0.717, 1.165) is 25.8 Å². The minimum atomic E-state index is -0.0222. The van der Waals surface area contributed by atoms with Gasteiger partial charge < -0.3 is 10.6 Å². The minimum Gasteiger partial charge on any atom is -0.335 e. The molecule has 1 aliphatic carbocycles. The van der Waals surface area contributed by atoms with Crippen LogP contribution in [0.1, 0.15) is 37.3 Å². The molecule has 0 saturated heterocycles. The van der Waals surface area contributed by atoms with Gasteiger partial charge in [-0.15, -0.1) is 0 Å². The van der Waals surface area contributed by atoms with Crippen LogP contribution in [0.5, 0.6) is 0 Å². The van der Waals surface area contributed by atoms with Gasteiger partial charge in [-0.05, 0) is 31.7 Å². The maximum Gasteiger partial charge on any atom is 0.227 e. The van der Waals surface area contributed by atoms with Crippen molar-refractivity contribution in [1.29, 1.82) is 0 Å². The zero-order valence-corrected chi connectivity index (χ0v) is 11.9. The summed E-state index contributed by atoms with van der Waals surface area (Å²) in [6, 6.07) is 8.87. The van der Waals surface area contributed by atoms with Gasteiger partial charge in [-0.2, -0.15) is 0 Å². The van der Waals surface area contributed by atoms with Gasteiger partial charge in [0.2, 0.25) is 5.91 Å². The van der Waals surface area contributed by atoms with E-state index in [4.69, 9.17) is 5.73 Å². The zero-order chi connectivity index (χ0) is 13.8. The summed E-state index contributed by atoms with van der Waals surface area (Å²) in [6.45, 7) is 5.29. The van der Waals surface area contributed by atoms with Crippen LogP contribution in [0.15, 0.2) is 24.3 Å². The third-order valence-corrected chi connectivity index (χ3v) is 3.87. The number of amides is 1. The van der Waals surface area contributed by atoms with E-state index in [1.54, 1.807) is 0 Å². The lowest BCUT2D eigenvalue weighted by Gasteiger charge is -2.26. The average molecular weight is 260 g/mol. The molecule has 0 heterocycles. The predicted octanol–water partition coefficient (Wildman–Crippen LogP) is 2.47. The fourth-order valence-corrected chi connectivity index (χ4v) is 2.34. The van der Waals surface area contributed by atoms with Gasteiger partial charge >= 0.3 is 0 Å². The smallest absolute Gasteiger partial charge is 0.227 e. The fraction of sp³-hybridized carbons (Fsp3) is 0.562. The quantitative estimate of drug-likeness (QED) is 0.854. The summed E-state index contributed by atoms with van der Waals surface area (Å²) in [7, 11) is 0. The Balaban J connectivity index is 2.08. The topological polar surface area (TPSA) is 46.3 Å². The SMILES string of the molecule is CCC(CN)C(=O)N(Cc1ccc(C)cc1)C1CC1. The van der Waals surface area contributed by atoms with Crippen molar-refractivity contribution in [1.82, 2.24) is 4.90 Å².